The highest BCUT2D eigenvalue weighted by Crippen LogP contribution is 2.37. The third-order valence-electron chi connectivity index (χ3n) is 5.24. The normalized spacial score (nSPS) is 12.6. The topological polar surface area (TPSA) is 205 Å². The molecule has 190 valence electrons. The third kappa shape index (κ3) is 5.68. The smallest absolute Gasteiger partial charge is 0.276 e. The minimum atomic E-state index is -4.64. The Labute approximate surface area is 206 Å². The maximum absolute atomic E-state index is 12.8. The van der Waals surface area contributed by atoms with E-state index in [1.165, 1.54) is 18.2 Å². The van der Waals surface area contributed by atoms with Gasteiger partial charge in [-0.1, -0.05) is 24.3 Å². The molecule has 12 heteroatoms. The van der Waals surface area contributed by atoms with Crippen LogP contribution in [0.2, 0.25) is 0 Å². The fraction of sp³-hybridized carbons (Fsp3) is 0.125. The lowest BCUT2D eigenvalue weighted by molar-refractivity contribution is -0.115. The Morgan fingerprint density at radius 1 is 0.944 bits per heavy atom. The predicted molar refractivity (Wildman–Crippen MR) is 132 cm³/mol. The minimum Gasteiger partial charge on any atom is -0.507 e. The number of hydrogen-bond acceptors (Lipinski definition) is 8. The van der Waals surface area contributed by atoms with Crippen LogP contribution in [0, 0.1) is 0 Å². The Morgan fingerprint density at radius 2 is 1.47 bits per heavy atom. The molecule has 0 saturated heterocycles. The van der Waals surface area contributed by atoms with Crippen LogP contribution in [0.4, 0.5) is 11.4 Å². The van der Waals surface area contributed by atoms with Crippen molar-refractivity contribution in [2.75, 3.05) is 18.2 Å². The quantitative estimate of drug-likeness (QED) is 0.177. The molecule has 1 aliphatic carbocycles. The summed E-state index contributed by atoms with van der Waals surface area (Å²) in [5.41, 5.74) is 5.77. The highest BCUT2D eigenvalue weighted by molar-refractivity contribution is 7.87. The number of nitrogen functional groups attached to an aromatic ring is 1. The highest BCUT2D eigenvalue weighted by atomic mass is 32.2. The third-order valence-corrected chi connectivity index (χ3v) is 6.35. The van der Waals surface area contributed by atoms with Gasteiger partial charge in [-0.25, -0.2) is 0 Å². The molecular formula is C24H24N2O9S. The number of benzene rings is 3. The van der Waals surface area contributed by atoms with Crippen molar-refractivity contribution in [3.8, 4) is 11.5 Å². The molecule has 36 heavy (non-hydrogen) atoms. The number of ether oxygens (including phenoxy) is 1. The second-order valence-electron chi connectivity index (χ2n) is 7.51. The number of nitrogens with one attached hydrogen (secondary N) is 1. The second kappa shape index (κ2) is 11.0. The number of hydrogen-bond donors (Lipinski definition) is 4. The standard InChI is InChI=1S/C17H13NO7S.C7H9NO.H2O/c1-8(26(23,24)25)17(22)18-11-6-7-12(19)14-13(11)15(20)9-4-2-3-5-10(9)16(14)21;1-9-7-4-2-6(8)3-5-7;/h2-8,19H,1H3,(H,18,22)(H,23,24,25);2-5H,8H2,1H3;1H2. The number of carbonyl (C=O) groups excluding carboxylic acids is 3. The van der Waals surface area contributed by atoms with Gasteiger partial charge < -0.3 is 26.4 Å². The van der Waals surface area contributed by atoms with Gasteiger partial charge in [-0.2, -0.15) is 8.42 Å². The van der Waals surface area contributed by atoms with E-state index in [0.717, 1.165) is 24.4 Å². The van der Waals surface area contributed by atoms with Gasteiger partial charge in [0.15, 0.2) is 16.8 Å². The fourth-order valence-corrected chi connectivity index (χ4v) is 3.61. The first-order valence-electron chi connectivity index (χ1n) is 10.2. The number of phenols is 1. The van der Waals surface area contributed by atoms with Gasteiger partial charge >= 0.3 is 0 Å². The van der Waals surface area contributed by atoms with Crippen LogP contribution in [0.5, 0.6) is 11.5 Å². The van der Waals surface area contributed by atoms with Crippen molar-refractivity contribution in [1.29, 1.82) is 0 Å². The van der Waals surface area contributed by atoms with Gasteiger partial charge in [-0.05, 0) is 43.3 Å². The number of aromatic hydroxyl groups is 1. The van der Waals surface area contributed by atoms with E-state index < -0.39 is 38.6 Å². The van der Waals surface area contributed by atoms with E-state index in [2.05, 4.69) is 5.32 Å². The van der Waals surface area contributed by atoms with Crippen LogP contribution in [0.15, 0.2) is 60.7 Å². The van der Waals surface area contributed by atoms with E-state index in [1.807, 2.05) is 12.1 Å². The maximum atomic E-state index is 12.8. The Morgan fingerprint density at radius 3 is 1.97 bits per heavy atom. The molecule has 0 spiro atoms. The summed E-state index contributed by atoms with van der Waals surface area (Å²) in [6, 6.07) is 15.6. The summed E-state index contributed by atoms with van der Waals surface area (Å²) in [6.07, 6.45) is 0. The summed E-state index contributed by atoms with van der Waals surface area (Å²) in [7, 11) is -3.01. The summed E-state index contributed by atoms with van der Waals surface area (Å²) in [5.74, 6) is -1.87. The zero-order chi connectivity index (χ0) is 25.9. The summed E-state index contributed by atoms with van der Waals surface area (Å²) in [5, 5.41) is 10.5. The Balaban J connectivity index is 0.000000386. The van der Waals surface area contributed by atoms with Gasteiger partial charge in [0.1, 0.15) is 11.5 Å². The summed E-state index contributed by atoms with van der Waals surface area (Å²) in [4.78, 5) is 37.5. The Hall–Kier alpha value is -4.26. The van der Waals surface area contributed by atoms with Crippen LogP contribution in [0.25, 0.3) is 0 Å². The summed E-state index contributed by atoms with van der Waals surface area (Å²) >= 11 is 0. The van der Waals surface area contributed by atoms with E-state index in [0.29, 0.717) is 0 Å². The average molecular weight is 517 g/mol. The number of ketones is 2. The lowest BCUT2D eigenvalue weighted by Gasteiger charge is -2.21. The van der Waals surface area contributed by atoms with E-state index in [-0.39, 0.29) is 33.4 Å². The van der Waals surface area contributed by atoms with E-state index >= 15 is 0 Å². The number of phenolic OH excluding ortho intramolecular Hbond substituents is 1. The first-order chi connectivity index (χ1) is 16.5. The molecule has 0 radical (unpaired) electrons. The molecule has 0 aliphatic heterocycles. The van der Waals surface area contributed by atoms with Gasteiger partial charge in [0.2, 0.25) is 5.91 Å². The van der Waals surface area contributed by atoms with Crippen molar-refractivity contribution in [3.05, 3.63) is 82.9 Å². The van der Waals surface area contributed by atoms with Crippen molar-refractivity contribution in [2.24, 2.45) is 0 Å². The molecule has 7 N–H and O–H groups in total. The lowest BCUT2D eigenvalue weighted by Crippen LogP contribution is -2.33. The molecule has 0 aromatic heterocycles. The van der Waals surface area contributed by atoms with Crippen molar-refractivity contribution in [1.82, 2.24) is 0 Å². The van der Waals surface area contributed by atoms with E-state index in [1.54, 1.807) is 31.4 Å². The number of fused-ring (bicyclic) bond motifs is 2. The molecule has 0 bridgehead atoms. The number of methoxy groups -OCH3 is 1. The largest absolute Gasteiger partial charge is 0.507 e. The zero-order valence-electron chi connectivity index (χ0n) is 19.2. The minimum absolute atomic E-state index is 0. The monoisotopic (exact) mass is 516 g/mol. The van der Waals surface area contributed by atoms with Crippen molar-refractivity contribution in [3.63, 3.8) is 0 Å². The van der Waals surface area contributed by atoms with Gasteiger partial charge in [0, 0.05) is 16.8 Å². The highest BCUT2D eigenvalue weighted by Gasteiger charge is 2.35. The van der Waals surface area contributed by atoms with Gasteiger partial charge in [-0.3, -0.25) is 18.9 Å². The number of carbonyl (C=O) groups is 3. The van der Waals surface area contributed by atoms with Crippen LogP contribution in [0.1, 0.15) is 38.8 Å². The zero-order valence-corrected chi connectivity index (χ0v) is 20.0. The molecular weight excluding hydrogens is 492 g/mol. The first-order valence-corrected chi connectivity index (χ1v) is 11.7. The number of anilines is 2. The molecule has 3 aromatic carbocycles. The molecule has 1 unspecified atom stereocenters. The second-order valence-corrected chi connectivity index (χ2v) is 9.24. The van der Waals surface area contributed by atoms with Crippen LogP contribution in [-0.4, -0.2) is 53.4 Å². The average Bonchev–Trinajstić information content (AvgIpc) is 2.83. The number of rotatable bonds is 4. The molecule has 1 amide bonds. The van der Waals surface area contributed by atoms with Gasteiger partial charge in [-0.15, -0.1) is 0 Å². The number of nitrogens with two attached hydrogens (primary N) is 1. The Kier molecular flexibility index (Phi) is 8.54. The fourth-order valence-electron chi connectivity index (χ4n) is 3.28. The molecule has 0 heterocycles. The van der Waals surface area contributed by atoms with E-state index in [4.69, 9.17) is 15.0 Å². The molecule has 0 saturated carbocycles. The van der Waals surface area contributed by atoms with Crippen molar-refractivity contribution < 1.29 is 42.7 Å². The Bertz CT molecular complexity index is 1420. The summed E-state index contributed by atoms with van der Waals surface area (Å²) in [6.45, 7) is 0.972. The molecule has 3 aromatic rings. The van der Waals surface area contributed by atoms with Gasteiger partial charge in [0.05, 0.1) is 23.9 Å². The van der Waals surface area contributed by atoms with Crippen molar-refractivity contribution >= 4 is 39.0 Å². The first kappa shape index (κ1) is 28.0. The molecule has 1 aliphatic rings. The molecule has 0 fully saturated rings. The SMILES string of the molecule is CC(C(=O)Nc1ccc(O)c2c1C(=O)c1ccccc1C2=O)S(=O)(=O)O.COc1ccc(N)cc1.O. The summed E-state index contributed by atoms with van der Waals surface area (Å²) < 4.78 is 36.1. The van der Waals surface area contributed by atoms with E-state index in [9.17, 15) is 27.9 Å². The van der Waals surface area contributed by atoms with Crippen LogP contribution >= 0.6 is 0 Å². The predicted octanol–water partition coefficient (Wildman–Crippen LogP) is 1.84. The molecule has 4 rings (SSSR count). The molecule has 11 nitrogen and oxygen atoms in total. The van der Waals surface area contributed by atoms with Crippen molar-refractivity contribution in [2.45, 2.75) is 12.2 Å². The van der Waals surface area contributed by atoms with Gasteiger partial charge in [0.25, 0.3) is 10.1 Å². The number of amides is 1. The maximum Gasteiger partial charge on any atom is 0.276 e. The van der Waals surface area contributed by atoms with Crippen LogP contribution in [0.3, 0.4) is 0 Å². The lowest BCUT2D eigenvalue weighted by atomic mass is 9.82. The van der Waals surface area contributed by atoms with Crippen LogP contribution < -0.4 is 15.8 Å². The molecule has 1 atom stereocenters. The van der Waals surface area contributed by atoms with Crippen LogP contribution in [-0.2, 0) is 14.9 Å².